The van der Waals surface area contributed by atoms with E-state index in [1.54, 1.807) is 12.3 Å². The maximum atomic E-state index is 13.5. The molecule has 0 unspecified atom stereocenters. The van der Waals surface area contributed by atoms with E-state index >= 15 is 0 Å². The first kappa shape index (κ1) is 20.5. The van der Waals surface area contributed by atoms with Gasteiger partial charge >= 0.3 is 0 Å². The molecule has 1 fully saturated rings. The molecule has 1 amide bonds. The zero-order valence-electron chi connectivity index (χ0n) is 17.2. The van der Waals surface area contributed by atoms with Crippen molar-refractivity contribution < 1.29 is 13.6 Å². The summed E-state index contributed by atoms with van der Waals surface area (Å²) in [5, 5.41) is 3.94. The smallest absolute Gasteiger partial charge is 0.266 e. The van der Waals surface area contributed by atoms with E-state index in [9.17, 15) is 9.18 Å². The Morgan fingerprint density at radius 2 is 2.27 bits per heavy atom. The molecular weight excluding hydrogens is 403 g/mol. The van der Waals surface area contributed by atoms with Crippen LogP contribution in [0, 0.1) is 12.7 Å². The summed E-state index contributed by atoms with van der Waals surface area (Å²) in [6.07, 6.45) is 4.92. The molecule has 2 aromatic heterocycles. The van der Waals surface area contributed by atoms with Gasteiger partial charge in [0.1, 0.15) is 22.5 Å². The van der Waals surface area contributed by atoms with E-state index in [-0.39, 0.29) is 17.8 Å². The van der Waals surface area contributed by atoms with Crippen LogP contribution in [0.2, 0.25) is 0 Å². The van der Waals surface area contributed by atoms with Gasteiger partial charge in [-0.1, -0.05) is 23.5 Å². The Balaban J connectivity index is 1.54. The molecule has 0 radical (unpaired) electrons. The number of amides is 1. The van der Waals surface area contributed by atoms with Crippen LogP contribution in [0.25, 0.3) is 0 Å². The predicted molar refractivity (Wildman–Crippen MR) is 114 cm³/mol. The van der Waals surface area contributed by atoms with Gasteiger partial charge in [-0.25, -0.2) is 14.4 Å². The molecule has 0 bridgehead atoms. The van der Waals surface area contributed by atoms with Crippen LogP contribution in [0.4, 0.5) is 9.52 Å². The molecular formula is C22H25FN4O2S. The van der Waals surface area contributed by atoms with Gasteiger partial charge in [0, 0.05) is 19.5 Å². The molecule has 6 nitrogen and oxygen atoms in total. The highest BCUT2D eigenvalue weighted by atomic mass is 32.1. The number of carbonyl (C=O) groups is 1. The molecule has 158 valence electrons. The highest BCUT2D eigenvalue weighted by Gasteiger charge is 2.33. The fourth-order valence-electron chi connectivity index (χ4n) is 3.79. The molecule has 1 atom stereocenters. The Kier molecular flexibility index (Phi) is 6.13. The van der Waals surface area contributed by atoms with Gasteiger partial charge in [0.2, 0.25) is 5.89 Å². The topological polar surface area (TPSA) is 71.3 Å². The molecule has 4 rings (SSSR count). The molecule has 0 spiro atoms. The van der Waals surface area contributed by atoms with Crippen LogP contribution in [-0.4, -0.2) is 33.9 Å². The summed E-state index contributed by atoms with van der Waals surface area (Å²) in [6, 6.07) is 6.26. The van der Waals surface area contributed by atoms with Crippen LogP contribution in [0.5, 0.6) is 0 Å². The third kappa shape index (κ3) is 4.38. The molecule has 30 heavy (non-hydrogen) atoms. The average molecular weight is 429 g/mol. The van der Waals surface area contributed by atoms with Crippen molar-refractivity contribution in [3.8, 4) is 0 Å². The molecule has 3 aromatic rings. The van der Waals surface area contributed by atoms with Gasteiger partial charge in [-0.3, -0.25) is 4.79 Å². The average Bonchev–Trinajstić information content (AvgIpc) is 3.34. The summed E-state index contributed by atoms with van der Waals surface area (Å²) in [6.45, 7) is 5.30. The summed E-state index contributed by atoms with van der Waals surface area (Å²) < 4.78 is 19.5. The van der Waals surface area contributed by atoms with Gasteiger partial charge in [0.05, 0.1) is 11.9 Å². The lowest BCUT2D eigenvalue weighted by Gasteiger charge is -2.33. The lowest BCUT2D eigenvalue weighted by molar-refractivity contribution is 0.0574. The van der Waals surface area contributed by atoms with Gasteiger partial charge in [0.15, 0.2) is 5.13 Å². The number of halogens is 1. The summed E-state index contributed by atoms with van der Waals surface area (Å²) >= 11 is 1.39. The van der Waals surface area contributed by atoms with Gasteiger partial charge in [-0.2, -0.15) is 0 Å². The zero-order chi connectivity index (χ0) is 21.1. The number of nitrogens with one attached hydrogen (secondary N) is 1. The van der Waals surface area contributed by atoms with Crippen molar-refractivity contribution in [2.75, 3.05) is 18.4 Å². The molecule has 3 heterocycles. The van der Waals surface area contributed by atoms with Gasteiger partial charge < -0.3 is 14.6 Å². The van der Waals surface area contributed by atoms with E-state index in [4.69, 9.17) is 4.42 Å². The molecule has 0 aliphatic carbocycles. The fraction of sp³-hybridized carbons (Fsp3) is 0.409. The van der Waals surface area contributed by atoms with Crippen LogP contribution >= 0.6 is 11.3 Å². The first-order chi connectivity index (χ1) is 14.5. The second-order valence-electron chi connectivity index (χ2n) is 7.45. The van der Waals surface area contributed by atoms with Crippen LogP contribution in [0.3, 0.4) is 0 Å². The second kappa shape index (κ2) is 8.95. The van der Waals surface area contributed by atoms with E-state index in [0.29, 0.717) is 29.5 Å². The maximum Gasteiger partial charge on any atom is 0.266 e. The summed E-state index contributed by atoms with van der Waals surface area (Å²) in [4.78, 5) is 24.8. The SMILES string of the molecule is CCNc1nc(C)c(C(=O)N2CCCC[C@H]2c2ncc(Cc3cccc(F)c3)o2)s1. The van der Waals surface area contributed by atoms with Crippen molar-refractivity contribution in [2.45, 2.75) is 45.6 Å². The number of nitrogens with zero attached hydrogens (tertiary/aromatic N) is 3. The first-order valence-electron chi connectivity index (χ1n) is 10.3. The number of aryl methyl sites for hydroxylation is 1. The number of aromatic nitrogens is 2. The number of benzene rings is 1. The molecule has 1 aliphatic rings. The number of rotatable bonds is 6. The lowest BCUT2D eigenvalue weighted by atomic mass is 10.0. The van der Waals surface area contributed by atoms with Crippen LogP contribution < -0.4 is 5.32 Å². The van der Waals surface area contributed by atoms with Crippen molar-refractivity contribution in [1.82, 2.24) is 14.9 Å². The molecule has 1 aliphatic heterocycles. The highest BCUT2D eigenvalue weighted by molar-refractivity contribution is 7.17. The monoisotopic (exact) mass is 428 g/mol. The summed E-state index contributed by atoms with van der Waals surface area (Å²) in [5.74, 6) is 0.914. The Bertz CT molecular complexity index is 1030. The van der Waals surface area contributed by atoms with Crippen molar-refractivity contribution in [3.05, 3.63) is 64.1 Å². The molecule has 0 saturated carbocycles. The highest BCUT2D eigenvalue weighted by Crippen LogP contribution is 2.34. The van der Waals surface area contributed by atoms with E-state index in [0.717, 1.165) is 42.2 Å². The largest absolute Gasteiger partial charge is 0.443 e. The van der Waals surface area contributed by atoms with Crippen LogP contribution in [-0.2, 0) is 6.42 Å². The number of thiazole rings is 1. The third-order valence-electron chi connectivity index (χ3n) is 5.21. The van der Waals surface area contributed by atoms with Crippen LogP contribution in [0.15, 0.2) is 34.9 Å². The third-order valence-corrected chi connectivity index (χ3v) is 6.31. The van der Waals surface area contributed by atoms with E-state index in [1.807, 2.05) is 24.8 Å². The predicted octanol–water partition coefficient (Wildman–Crippen LogP) is 4.97. The molecule has 1 aromatic carbocycles. The minimum absolute atomic E-state index is 0.0243. The Hall–Kier alpha value is -2.74. The number of oxazole rings is 1. The minimum Gasteiger partial charge on any atom is -0.443 e. The number of hydrogen-bond donors (Lipinski definition) is 1. The van der Waals surface area contributed by atoms with E-state index in [1.165, 1.54) is 23.5 Å². The number of anilines is 1. The van der Waals surface area contributed by atoms with Crippen molar-refractivity contribution >= 4 is 22.4 Å². The second-order valence-corrected chi connectivity index (χ2v) is 8.44. The molecule has 1 N–H and O–H groups in total. The summed E-state index contributed by atoms with van der Waals surface area (Å²) in [5.41, 5.74) is 1.56. The minimum atomic E-state index is -0.270. The molecule has 1 saturated heterocycles. The Morgan fingerprint density at radius 3 is 3.07 bits per heavy atom. The number of carbonyl (C=O) groups excluding carboxylic acids is 1. The number of hydrogen-bond acceptors (Lipinski definition) is 6. The van der Waals surface area contributed by atoms with Crippen molar-refractivity contribution in [3.63, 3.8) is 0 Å². The van der Waals surface area contributed by atoms with Crippen LogP contribution in [0.1, 0.15) is 64.8 Å². The Morgan fingerprint density at radius 1 is 1.40 bits per heavy atom. The van der Waals surface area contributed by atoms with E-state index in [2.05, 4.69) is 15.3 Å². The van der Waals surface area contributed by atoms with Gasteiger partial charge in [0.25, 0.3) is 5.91 Å². The zero-order valence-corrected chi connectivity index (χ0v) is 18.0. The fourth-order valence-corrected chi connectivity index (χ4v) is 4.78. The van der Waals surface area contributed by atoms with Crippen molar-refractivity contribution in [2.24, 2.45) is 0 Å². The first-order valence-corrected chi connectivity index (χ1v) is 11.1. The van der Waals surface area contributed by atoms with Gasteiger partial charge in [-0.05, 0) is 50.8 Å². The lowest BCUT2D eigenvalue weighted by Crippen LogP contribution is -2.38. The maximum absolute atomic E-state index is 13.5. The normalized spacial score (nSPS) is 16.6. The van der Waals surface area contributed by atoms with Gasteiger partial charge in [-0.15, -0.1) is 0 Å². The van der Waals surface area contributed by atoms with Crippen molar-refractivity contribution in [1.29, 1.82) is 0 Å². The Labute approximate surface area is 179 Å². The summed E-state index contributed by atoms with van der Waals surface area (Å²) in [7, 11) is 0. The molecule has 8 heteroatoms. The quantitative estimate of drug-likeness (QED) is 0.600. The number of piperidine rings is 1. The number of likely N-dealkylation sites (tertiary alicyclic amines) is 1. The van der Waals surface area contributed by atoms with E-state index < -0.39 is 0 Å². The standard InChI is InChI=1S/C22H25FN4O2S/c1-3-24-22-26-14(2)19(30-22)21(28)27-10-5-4-9-18(27)20-25-13-17(29-20)12-15-7-6-8-16(23)11-15/h6-8,11,13,18H,3-5,9-10,12H2,1-2H3,(H,24,26)/t18-/m0/s1.